The van der Waals surface area contributed by atoms with Crippen LogP contribution in [0.4, 0.5) is 48.3 Å². The van der Waals surface area contributed by atoms with Gasteiger partial charge in [-0.15, -0.1) is 0 Å². The minimum absolute atomic E-state index is 0.607. The fraction of sp³-hybridized carbons (Fsp3) is 0.353. The molecule has 0 bridgehead atoms. The molecule has 0 aromatic heterocycles. The summed E-state index contributed by atoms with van der Waals surface area (Å²) in [5, 5.41) is -7.00. The van der Waals surface area contributed by atoms with Crippen molar-refractivity contribution in [3.8, 4) is 0 Å². The van der Waals surface area contributed by atoms with E-state index >= 15 is 4.39 Å². The quantitative estimate of drug-likeness (QED) is 0.236. The van der Waals surface area contributed by atoms with Crippen molar-refractivity contribution in [1.29, 1.82) is 0 Å². The van der Waals surface area contributed by atoms with Crippen LogP contribution in [0.2, 0.25) is 0 Å². The Morgan fingerprint density at radius 1 is 0.676 bits per heavy atom. The first-order valence-corrected chi connectivity index (χ1v) is 11.8. The third-order valence-corrected chi connectivity index (χ3v) is 9.79. The molecule has 1 aliphatic carbocycles. The SMILES string of the molecule is O=S(=O)([C-](c1c(F)c(F)c2c(F)c(F)c(F)c(F)c2c1F)S(=O)(=O)C(F)(F)F)C1CCC(F)C1. The Kier molecular flexibility index (Phi) is 6.29. The highest BCUT2D eigenvalue weighted by atomic mass is 32.3. The largest absolute Gasteiger partial charge is 0.491 e. The summed E-state index contributed by atoms with van der Waals surface area (Å²) < 4.78 is 199. The molecule has 1 aliphatic rings. The maximum absolute atomic E-state index is 15.0. The van der Waals surface area contributed by atoms with E-state index in [9.17, 15) is 60.7 Å². The van der Waals surface area contributed by atoms with Gasteiger partial charge in [-0.25, -0.2) is 43.2 Å². The van der Waals surface area contributed by atoms with Gasteiger partial charge in [0.1, 0.15) is 21.8 Å². The fourth-order valence-electron chi connectivity index (χ4n) is 3.52. The number of hydrogen-bond donors (Lipinski definition) is 0. The van der Waals surface area contributed by atoms with E-state index in [-0.39, 0.29) is 0 Å². The molecule has 4 nitrogen and oxygen atoms in total. The molecule has 2 aromatic rings. The summed E-state index contributed by atoms with van der Waals surface area (Å²) in [6, 6.07) is 0. The van der Waals surface area contributed by atoms with Crippen LogP contribution in [0.15, 0.2) is 0 Å². The van der Waals surface area contributed by atoms with Gasteiger partial charge in [0.25, 0.3) is 0 Å². The van der Waals surface area contributed by atoms with Gasteiger partial charge in [0.05, 0.1) is 15.6 Å². The minimum Gasteiger partial charge on any atom is -0.283 e. The van der Waals surface area contributed by atoms with E-state index in [1.165, 1.54) is 0 Å². The molecule has 0 radical (unpaired) electrons. The maximum atomic E-state index is 15.0. The third-order valence-electron chi connectivity index (χ3n) is 5.11. The van der Waals surface area contributed by atoms with E-state index < -0.39 is 118 Å². The van der Waals surface area contributed by atoms with Gasteiger partial charge in [-0.05, 0) is 19.3 Å². The fourth-order valence-corrected chi connectivity index (χ4v) is 7.77. The normalized spacial score (nSPS) is 19.7. The average Bonchev–Trinajstić information content (AvgIpc) is 3.16. The number of sulfone groups is 2. The molecule has 0 heterocycles. The molecule has 17 heteroatoms. The van der Waals surface area contributed by atoms with Gasteiger partial charge in [0.15, 0.2) is 23.3 Å². The smallest absolute Gasteiger partial charge is 0.283 e. The van der Waals surface area contributed by atoms with Crippen molar-refractivity contribution in [2.45, 2.75) is 36.2 Å². The highest BCUT2D eigenvalue weighted by Crippen LogP contribution is 2.47. The molecule has 0 amide bonds. The molecule has 0 spiro atoms. The Morgan fingerprint density at radius 3 is 1.53 bits per heavy atom. The highest BCUT2D eigenvalue weighted by Gasteiger charge is 2.55. The van der Waals surface area contributed by atoms with Crippen molar-refractivity contribution in [2.75, 3.05) is 0 Å². The zero-order valence-corrected chi connectivity index (χ0v) is 17.5. The monoisotopic (exact) mass is 549 g/mol. The van der Waals surface area contributed by atoms with Crippen LogP contribution < -0.4 is 0 Å². The zero-order chi connectivity index (χ0) is 26.1. The third kappa shape index (κ3) is 3.67. The molecule has 0 aliphatic heterocycles. The Morgan fingerprint density at radius 2 is 1.12 bits per heavy atom. The molecular formula is C17H8F11O4S2-. The van der Waals surface area contributed by atoms with Gasteiger partial charge in [-0.2, -0.15) is 13.2 Å². The molecule has 1 fully saturated rings. The number of alkyl halides is 4. The van der Waals surface area contributed by atoms with Crippen molar-refractivity contribution in [3.05, 3.63) is 50.9 Å². The predicted molar refractivity (Wildman–Crippen MR) is 92.4 cm³/mol. The molecule has 0 saturated heterocycles. The van der Waals surface area contributed by atoms with Crippen LogP contribution in [0.25, 0.3) is 10.8 Å². The van der Waals surface area contributed by atoms with Gasteiger partial charge in [0.2, 0.25) is 9.84 Å². The van der Waals surface area contributed by atoms with E-state index in [0.29, 0.717) is 0 Å². The Hall–Kier alpha value is -2.30. The number of benzene rings is 2. The molecule has 1 saturated carbocycles. The molecular weight excluding hydrogens is 541 g/mol. The lowest BCUT2D eigenvalue weighted by molar-refractivity contribution is -0.0429. The van der Waals surface area contributed by atoms with Crippen LogP contribution in [-0.4, -0.2) is 33.8 Å². The van der Waals surface area contributed by atoms with Gasteiger partial charge in [0, 0.05) is 16.6 Å². The summed E-state index contributed by atoms with van der Waals surface area (Å²) >= 11 is 0. The summed E-state index contributed by atoms with van der Waals surface area (Å²) in [4.78, 5) is 0. The summed E-state index contributed by atoms with van der Waals surface area (Å²) in [6.07, 6.45) is -4.50. The lowest BCUT2D eigenvalue weighted by Gasteiger charge is -2.31. The highest BCUT2D eigenvalue weighted by molar-refractivity contribution is 8.13. The lowest BCUT2D eigenvalue weighted by Crippen LogP contribution is -2.39. The number of halogens is 11. The van der Waals surface area contributed by atoms with E-state index in [2.05, 4.69) is 0 Å². The molecule has 34 heavy (non-hydrogen) atoms. The molecule has 2 aromatic carbocycles. The summed E-state index contributed by atoms with van der Waals surface area (Å²) in [7, 11) is -13.4. The second kappa shape index (κ2) is 8.13. The van der Waals surface area contributed by atoms with Crippen molar-refractivity contribution in [3.63, 3.8) is 0 Å². The summed E-state index contributed by atoms with van der Waals surface area (Å²) in [5.41, 5.74) is -9.44. The first-order valence-electron chi connectivity index (χ1n) is 8.76. The average molecular weight is 549 g/mol. The topological polar surface area (TPSA) is 68.3 Å². The Balaban J connectivity index is 2.54. The summed E-state index contributed by atoms with van der Waals surface area (Å²) in [5.74, 6) is -20.2. The second-order valence-corrected chi connectivity index (χ2v) is 11.4. The first kappa shape index (κ1) is 26.3. The van der Waals surface area contributed by atoms with Crippen molar-refractivity contribution >= 4 is 30.4 Å². The standard InChI is InChI=1S/C17H8F11O4S2/c18-4-1-2-5(3-4)33(29,30)16(34(31,32)17(26,27)28)8-9(19)6-7(10(20)13(8)23)12(22)15(25)14(24)11(6)21/h4-5H,1-3H2/q-1. The van der Waals surface area contributed by atoms with E-state index in [1.54, 1.807) is 0 Å². The van der Waals surface area contributed by atoms with Crippen LogP contribution in [0.1, 0.15) is 24.8 Å². The van der Waals surface area contributed by atoms with Crippen LogP contribution in [0.5, 0.6) is 0 Å². The van der Waals surface area contributed by atoms with E-state index in [1.807, 2.05) is 0 Å². The van der Waals surface area contributed by atoms with Crippen molar-refractivity contribution in [2.24, 2.45) is 0 Å². The van der Waals surface area contributed by atoms with Crippen molar-refractivity contribution < 1.29 is 65.1 Å². The van der Waals surface area contributed by atoms with Crippen LogP contribution in [0, 0.1) is 45.3 Å². The van der Waals surface area contributed by atoms with Gasteiger partial charge in [-0.3, -0.25) is 8.78 Å². The number of fused-ring (bicyclic) bond motifs is 1. The molecule has 190 valence electrons. The lowest BCUT2D eigenvalue weighted by atomic mass is 10.0. The van der Waals surface area contributed by atoms with E-state index in [4.69, 9.17) is 0 Å². The molecule has 2 atom stereocenters. The van der Waals surface area contributed by atoms with Crippen LogP contribution >= 0.6 is 0 Å². The van der Waals surface area contributed by atoms with Gasteiger partial charge >= 0.3 is 5.51 Å². The number of hydrogen-bond acceptors (Lipinski definition) is 4. The maximum Gasteiger partial charge on any atom is 0.491 e. The van der Waals surface area contributed by atoms with E-state index in [0.717, 1.165) is 0 Å². The summed E-state index contributed by atoms with van der Waals surface area (Å²) in [6.45, 7) is 0. The molecule has 3 rings (SSSR count). The van der Waals surface area contributed by atoms with Crippen LogP contribution in [-0.2, 0) is 19.7 Å². The van der Waals surface area contributed by atoms with Crippen molar-refractivity contribution in [1.82, 2.24) is 0 Å². The molecule has 0 N–H and O–H groups in total. The van der Waals surface area contributed by atoms with Crippen LogP contribution in [0.3, 0.4) is 0 Å². The minimum atomic E-state index is -7.30. The first-order chi connectivity index (χ1) is 15.4. The predicted octanol–water partition coefficient (Wildman–Crippen LogP) is 4.89. The van der Waals surface area contributed by atoms with Gasteiger partial charge in [-0.1, -0.05) is 5.56 Å². The molecule has 2 unspecified atom stereocenters. The Labute approximate surface area is 183 Å². The second-order valence-electron chi connectivity index (χ2n) is 7.14. The van der Waals surface area contributed by atoms with Gasteiger partial charge < -0.3 is 0 Å². The zero-order valence-electron chi connectivity index (χ0n) is 15.9. The Bertz CT molecular complexity index is 1400. The number of rotatable bonds is 4.